The summed E-state index contributed by atoms with van der Waals surface area (Å²) >= 11 is 0. The highest BCUT2D eigenvalue weighted by molar-refractivity contribution is 5.66. The summed E-state index contributed by atoms with van der Waals surface area (Å²) in [4.78, 5) is 12.1. The number of nitrogens with zero attached hydrogens (tertiary/aromatic N) is 1. The van der Waals surface area contributed by atoms with Crippen molar-refractivity contribution in [1.29, 1.82) is 0 Å². The van der Waals surface area contributed by atoms with Crippen LogP contribution in [0.15, 0.2) is 0 Å². The van der Waals surface area contributed by atoms with Gasteiger partial charge in [0.05, 0.1) is 5.97 Å². The van der Waals surface area contributed by atoms with E-state index in [1.165, 1.54) is 0 Å². The predicted molar refractivity (Wildman–Crippen MR) is 41.3 cm³/mol. The van der Waals surface area contributed by atoms with Crippen LogP contribution < -0.4 is 5.11 Å². The van der Waals surface area contributed by atoms with Crippen molar-refractivity contribution in [2.75, 3.05) is 26.2 Å². The summed E-state index contributed by atoms with van der Waals surface area (Å²) in [6.45, 7) is 1.77. The normalized spacial score (nSPS) is 21.1. The molecular weight excluding hydrogens is 158 g/mol. The summed E-state index contributed by atoms with van der Waals surface area (Å²) in [7, 11) is 0. The Hall–Kier alpha value is -0.610. The van der Waals surface area contributed by atoms with Gasteiger partial charge in [-0.3, -0.25) is 4.90 Å². The van der Waals surface area contributed by atoms with Crippen LogP contribution in [0.1, 0.15) is 12.8 Å². The van der Waals surface area contributed by atoms with Crippen molar-refractivity contribution in [2.24, 2.45) is 5.92 Å². The molecule has 0 aromatic carbocycles. The van der Waals surface area contributed by atoms with E-state index in [4.69, 9.17) is 5.11 Å². The standard InChI is InChI=1S/C8H15NO3/c10-6-7-1-3-9(4-2-7)5-8(11)12/h7,10H,1-6H2,(H,11,12)/p-1. The minimum Gasteiger partial charge on any atom is -0.549 e. The van der Waals surface area contributed by atoms with Crippen LogP contribution in [0.3, 0.4) is 0 Å². The third-order valence-corrected chi connectivity index (χ3v) is 2.32. The maximum absolute atomic E-state index is 10.2. The largest absolute Gasteiger partial charge is 0.549 e. The highest BCUT2D eigenvalue weighted by Crippen LogP contribution is 2.15. The maximum atomic E-state index is 10.2. The van der Waals surface area contributed by atoms with Crippen molar-refractivity contribution < 1.29 is 15.0 Å². The number of likely N-dealkylation sites (tertiary alicyclic amines) is 1. The van der Waals surface area contributed by atoms with E-state index in [-0.39, 0.29) is 13.2 Å². The number of carboxylic acids is 1. The van der Waals surface area contributed by atoms with Crippen molar-refractivity contribution in [3.05, 3.63) is 0 Å². The van der Waals surface area contributed by atoms with Gasteiger partial charge < -0.3 is 15.0 Å². The van der Waals surface area contributed by atoms with Crippen LogP contribution in [0.2, 0.25) is 0 Å². The first-order chi connectivity index (χ1) is 5.72. The number of aliphatic hydroxyl groups excluding tert-OH is 1. The first kappa shape index (κ1) is 9.48. The minimum atomic E-state index is -1.02. The number of carboxylic acid groups (broad SMARTS) is 1. The molecule has 4 nitrogen and oxygen atoms in total. The van der Waals surface area contributed by atoms with Gasteiger partial charge >= 0.3 is 0 Å². The van der Waals surface area contributed by atoms with Gasteiger partial charge in [-0.1, -0.05) is 0 Å². The van der Waals surface area contributed by atoms with E-state index in [2.05, 4.69) is 0 Å². The van der Waals surface area contributed by atoms with Gasteiger partial charge in [0.15, 0.2) is 0 Å². The molecule has 0 radical (unpaired) electrons. The molecule has 0 atom stereocenters. The number of carbonyl (C=O) groups excluding carboxylic acids is 1. The molecule has 1 rings (SSSR count). The molecule has 0 bridgehead atoms. The lowest BCUT2D eigenvalue weighted by Crippen LogP contribution is -2.42. The molecular formula is C8H14NO3-. The Morgan fingerprint density at radius 3 is 2.50 bits per heavy atom. The van der Waals surface area contributed by atoms with Gasteiger partial charge in [0.1, 0.15) is 0 Å². The molecule has 0 aromatic rings. The van der Waals surface area contributed by atoms with Crippen LogP contribution in [-0.4, -0.2) is 42.2 Å². The number of aliphatic carboxylic acids is 1. The summed E-state index contributed by atoms with van der Waals surface area (Å²) in [6.07, 6.45) is 1.79. The van der Waals surface area contributed by atoms with E-state index in [9.17, 15) is 9.90 Å². The van der Waals surface area contributed by atoms with Crippen molar-refractivity contribution >= 4 is 5.97 Å². The summed E-state index contributed by atoms with van der Waals surface area (Å²) in [6, 6.07) is 0. The lowest BCUT2D eigenvalue weighted by molar-refractivity contribution is -0.306. The Morgan fingerprint density at radius 2 is 2.08 bits per heavy atom. The summed E-state index contributed by atoms with van der Waals surface area (Å²) in [5.74, 6) is -0.652. The Balaban J connectivity index is 2.21. The number of hydrogen-bond donors (Lipinski definition) is 1. The molecule has 70 valence electrons. The van der Waals surface area contributed by atoms with Crippen molar-refractivity contribution in [3.63, 3.8) is 0 Å². The van der Waals surface area contributed by atoms with Gasteiger partial charge in [-0.2, -0.15) is 0 Å². The summed E-state index contributed by atoms with van der Waals surface area (Å²) in [5.41, 5.74) is 0. The topological polar surface area (TPSA) is 63.6 Å². The third-order valence-electron chi connectivity index (χ3n) is 2.32. The van der Waals surface area contributed by atoms with Crippen LogP contribution in [-0.2, 0) is 4.79 Å². The van der Waals surface area contributed by atoms with Crippen LogP contribution in [0.25, 0.3) is 0 Å². The molecule has 4 heteroatoms. The molecule has 1 saturated heterocycles. The van der Waals surface area contributed by atoms with Crippen molar-refractivity contribution in [2.45, 2.75) is 12.8 Å². The molecule has 0 aliphatic carbocycles. The van der Waals surface area contributed by atoms with E-state index in [0.717, 1.165) is 25.9 Å². The number of piperidine rings is 1. The molecule has 0 unspecified atom stereocenters. The molecule has 1 aliphatic rings. The van der Waals surface area contributed by atoms with E-state index >= 15 is 0 Å². The Morgan fingerprint density at radius 1 is 1.50 bits per heavy atom. The van der Waals surface area contributed by atoms with Crippen LogP contribution in [0, 0.1) is 5.92 Å². The second kappa shape index (κ2) is 4.42. The van der Waals surface area contributed by atoms with E-state index in [0.29, 0.717) is 5.92 Å². The summed E-state index contributed by atoms with van der Waals surface area (Å²) in [5, 5.41) is 19.0. The average Bonchev–Trinajstić information content (AvgIpc) is 2.05. The quantitative estimate of drug-likeness (QED) is 0.559. The van der Waals surface area contributed by atoms with E-state index < -0.39 is 5.97 Å². The van der Waals surface area contributed by atoms with Gasteiger partial charge in [-0.05, 0) is 31.8 Å². The molecule has 1 N–H and O–H groups in total. The zero-order valence-electron chi connectivity index (χ0n) is 7.03. The molecule has 0 saturated carbocycles. The number of aliphatic hydroxyl groups is 1. The van der Waals surface area contributed by atoms with E-state index in [1.54, 1.807) is 0 Å². The Bertz CT molecular complexity index is 152. The van der Waals surface area contributed by atoms with Crippen LogP contribution in [0.5, 0.6) is 0 Å². The lowest BCUT2D eigenvalue weighted by atomic mass is 9.98. The fourth-order valence-electron chi connectivity index (χ4n) is 1.51. The van der Waals surface area contributed by atoms with Crippen molar-refractivity contribution in [1.82, 2.24) is 4.90 Å². The Labute approximate surface area is 71.8 Å². The monoisotopic (exact) mass is 172 g/mol. The molecule has 1 aliphatic heterocycles. The van der Waals surface area contributed by atoms with Gasteiger partial charge in [0.2, 0.25) is 0 Å². The lowest BCUT2D eigenvalue weighted by Gasteiger charge is -2.30. The predicted octanol–water partition coefficient (Wildman–Crippen LogP) is -1.56. The van der Waals surface area contributed by atoms with Crippen LogP contribution in [0.4, 0.5) is 0 Å². The minimum absolute atomic E-state index is 0.0259. The van der Waals surface area contributed by atoms with Crippen LogP contribution >= 0.6 is 0 Å². The molecule has 0 aromatic heterocycles. The summed E-state index contributed by atoms with van der Waals surface area (Å²) < 4.78 is 0. The zero-order valence-corrected chi connectivity index (χ0v) is 7.03. The van der Waals surface area contributed by atoms with Gasteiger partial charge in [0.25, 0.3) is 0 Å². The first-order valence-electron chi connectivity index (χ1n) is 4.25. The van der Waals surface area contributed by atoms with Gasteiger partial charge in [0, 0.05) is 13.2 Å². The molecule has 12 heavy (non-hydrogen) atoms. The van der Waals surface area contributed by atoms with Gasteiger partial charge in [-0.25, -0.2) is 0 Å². The number of rotatable bonds is 3. The highest BCUT2D eigenvalue weighted by Gasteiger charge is 2.17. The highest BCUT2D eigenvalue weighted by atomic mass is 16.4. The molecule has 0 spiro atoms. The van der Waals surface area contributed by atoms with Crippen molar-refractivity contribution in [3.8, 4) is 0 Å². The molecule has 1 heterocycles. The Kier molecular flexibility index (Phi) is 3.49. The fourth-order valence-corrected chi connectivity index (χ4v) is 1.51. The zero-order chi connectivity index (χ0) is 8.97. The second-order valence-corrected chi connectivity index (χ2v) is 3.27. The number of carbonyl (C=O) groups is 1. The fraction of sp³-hybridized carbons (Fsp3) is 0.875. The molecule has 0 amide bonds. The third kappa shape index (κ3) is 2.79. The SMILES string of the molecule is O=C([O-])CN1CCC(CO)CC1. The first-order valence-corrected chi connectivity index (χ1v) is 4.25. The second-order valence-electron chi connectivity index (χ2n) is 3.27. The van der Waals surface area contributed by atoms with Gasteiger partial charge in [-0.15, -0.1) is 0 Å². The maximum Gasteiger partial charge on any atom is 0.0555 e. The number of hydrogen-bond acceptors (Lipinski definition) is 4. The average molecular weight is 172 g/mol. The molecule has 1 fully saturated rings. The van der Waals surface area contributed by atoms with E-state index in [1.807, 2.05) is 4.90 Å². The smallest absolute Gasteiger partial charge is 0.0555 e.